The van der Waals surface area contributed by atoms with Crippen LogP contribution in [0.1, 0.15) is 25.3 Å². The molecule has 0 radical (unpaired) electrons. The Hall–Kier alpha value is -2.03. The second kappa shape index (κ2) is 6.78. The van der Waals surface area contributed by atoms with Gasteiger partial charge in [0.25, 0.3) is 0 Å². The van der Waals surface area contributed by atoms with Crippen molar-refractivity contribution >= 4 is 5.57 Å². The average molecular weight is 256 g/mol. The lowest BCUT2D eigenvalue weighted by atomic mass is 10.1. The molecule has 0 unspecified atom stereocenters. The van der Waals surface area contributed by atoms with E-state index in [2.05, 4.69) is 24.6 Å². The number of allylic oxidation sites excluding steroid dienone is 1. The van der Waals surface area contributed by atoms with Crippen molar-refractivity contribution in [3.05, 3.63) is 55.1 Å². The summed E-state index contributed by atoms with van der Waals surface area (Å²) in [6, 6.07) is 8.07. The van der Waals surface area contributed by atoms with Crippen molar-refractivity contribution in [2.75, 3.05) is 6.61 Å². The van der Waals surface area contributed by atoms with Crippen molar-refractivity contribution < 1.29 is 4.74 Å². The monoisotopic (exact) mass is 256 g/mol. The first-order valence-electron chi connectivity index (χ1n) is 6.67. The zero-order valence-corrected chi connectivity index (χ0v) is 11.4. The lowest BCUT2D eigenvalue weighted by Crippen LogP contribution is -2.02. The van der Waals surface area contributed by atoms with Gasteiger partial charge in [-0.2, -0.15) is 0 Å². The second-order valence-electron chi connectivity index (χ2n) is 4.54. The van der Waals surface area contributed by atoms with Crippen molar-refractivity contribution in [2.24, 2.45) is 0 Å². The first-order chi connectivity index (χ1) is 9.31. The first-order valence-corrected chi connectivity index (χ1v) is 6.67. The second-order valence-corrected chi connectivity index (χ2v) is 4.54. The van der Waals surface area contributed by atoms with Gasteiger partial charge in [-0.25, -0.2) is 4.98 Å². The molecule has 0 spiro atoms. The van der Waals surface area contributed by atoms with E-state index in [4.69, 9.17) is 4.74 Å². The summed E-state index contributed by atoms with van der Waals surface area (Å²) in [6.07, 6.45) is 7.72. The molecule has 3 nitrogen and oxygen atoms in total. The number of hydrogen-bond acceptors (Lipinski definition) is 2. The normalized spacial score (nSPS) is 10.4. The van der Waals surface area contributed by atoms with Crippen LogP contribution in [0.2, 0.25) is 0 Å². The number of rotatable bonds is 7. The molecule has 0 fully saturated rings. The standard InChI is InChI=1S/C16H20N2O/c1-3-4-11-19-16-8-6-5-7-15(16)14(2)12-18-10-9-17-13-18/h5-10,13H,2-4,11-12H2,1H3. The molecule has 0 N–H and O–H groups in total. The summed E-state index contributed by atoms with van der Waals surface area (Å²) in [5.74, 6) is 0.918. The molecule has 0 aliphatic heterocycles. The minimum Gasteiger partial charge on any atom is -0.493 e. The maximum atomic E-state index is 5.83. The molecule has 1 aromatic heterocycles. The number of para-hydroxylation sites is 1. The van der Waals surface area contributed by atoms with Gasteiger partial charge in [0.05, 0.1) is 12.9 Å². The van der Waals surface area contributed by atoms with Gasteiger partial charge in [-0.3, -0.25) is 0 Å². The number of ether oxygens (including phenoxy) is 1. The van der Waals surface area contributed by atoms with Gasteiger partial charge in [0.15, 0.2) is 0 Å². The fourth-order valence-corrected chi connectivity index (χ4v) is 1.90. The highest BCUT2D eigenvalue weighted by Gasteiger charge is 2.07. The van der Waals surface area contributed by atoms with Crippen LogP contribution < -0.4 is 4.74 Å². The Bertz CT molecular complexity index is 517. The third kappa shape index (κ3) is 3.71. The van der Waals surface area contributed by atoms with Crippen LogP contribution in [0.3, 0.4) is 0 Å². The quantitative estimate of drug-likeness (QED) is 0.705. The van der Waals surface area contributed by atoms with E-state index < -0.39 is 0 Å². The molecule has 0 aliphatic carbocycles. The molecule has 0 aliphatic rings. The van der Waals surface area contributed by atoms with Gasteiger partial charge >= 0.3 is 0 Å². The van der Waals surface area contributed by atoms with Crippen LogP contribution >= 0.6 is 0 Å². The van der Waals surface area contributed by atoms with E-state index in [1.807, 2.05) is 29.0 Å². The van der Waals surface area contributed by atoms with Gasteiger partial charge in [-0.1, -0.05) is 38.1 Å². The molecule has 2 rings (SSSR count). The van der Waals surface area contributed by atoms with Gasteiger partial charge in [0, 0.05) is 24.5 Å². The van der Waals surface area contributed by atoms with Crippen molar-refractivity contribution in [3.63, 3.8) is 0 Å². The first kappa shape index (κ1) is 13.4. The Labute approximate surface area is 114 Å². The van der Waals surface area contributed by atoms with Gasteiger partial charge < -0.3 is 9.30 Å². The molecule has 2 aromatic rings. The summed E-state index contributed by atoms with van der Waals surface area (Å²) in [7, 11) is 0. The summed E-state index contributed by atoms with van der Waals surface area (Å²) in [4.78, 5) is 4.04. The highest BCUT2D eigenvalue weighted by Crippen LogP contribution is 2.26. The van der Waals surface area contributed by atoms with Gasteiger partial charge in [0.2, 0.25) is 0 Å². The van der Waals surface area contributed by atoms with Crippen LogP contribution in [0.15, 0.2) is 49.6 Å². The number of nitrogens with zero attached hydrogens (tertiary/aromatic N) is 2. The summed E-state index contributed by atoms with van der Waals surface area (Å²) in [6.45, 7) is 7.81. The van der Waals surface area contributed by atoms with Crippen LogP contribution in [0, 0.1) is 0 Å². The lowest BCUT2D eigenvalue weighted by Gasteiger charge is -2.13. The fourth-order valence-electron chi connectivity index (χ4n) is 1.90. The summed E-state index contributed by atoms with van der Waals surface area (Å²) in [5, 5.41) is 0. The maximum absolute atomic E-state index is 5.83. The predicted octanol–water partition coefficient (Wildman–Crippen LogP) is 3.78. The Morgan fingerprint density at radius 2 is 2.21 bits per heavy atom. The molecule has 0 saturated carbocycles. The van der Waals surface area contributed by atoms with Crippen molar-refractivity contribution in [3.8, 4) is 5.75 Å². The highest BCUT2D eigenvalue weighted by atomic mass is 16.5. The molecule has 0 saturated heterocycles. The zero-order valence-electron chi connectivity index (χ0n) is 11.4. The van der Waals surface area contributed by atoms with Crippen LogP contribution in [-0.2, 0) is 6.54 Å². The minimum absolute atomic E-state index is 0.730. The summed E-state index contributed by atoms with van der Waals surface area (Å²) >= 11 is 0. The van der Waals surface area contributed by atoms with E-state index in [1.54, 1.807) is 12.5 Å². The number of unbranched alkanes of at least 4 members (excludes halogenated alkanes) is 1. The molecule has 0 amide bonds. The maximum Gasteiger partial charge on any atom is 0.126 e. The Balaban J connectivity index is 2.07. The number of hydrogen-bond donors (Lipinski definition) is 0. The number of aromatic nitrogens is 2. The van der Waals surface area contributed by atoms with Crippen LogP contribution in [0.25, 0.3) is 5.57 Å². The third-order valence-electron chi connectivity index (χ3n) is 2.96. The fraction of sp³-hybridized carbons (Fsp3) is 0.312. The lowest BCUT2D eigenvalue weighted by molar-refractivity contribution is 0.308. The molecular weight excluding hydrogens is 236 g/mol. The van der Waals surface area contributed by atoms with Crippen LogP contribution in [0.4, 0.5) is 0 Å². The largest absolute Gasteiger partial charge is 0.493 e. The number of benzene rings is 1. The Kier molecular flexibility index (Phi) is 4.78. The molecule has 3 heteroatoms. The van der Waals surface area contributed by atoms with E-state index >= 15 is 0 Å². The topological polar surface area (TPSA) is 27.1 Å². The highest BCUT2D eigenvalue weighted by molar-refractivity contribution is 5.68. The van der Waals surface area contributed by atoms with Gasteiger partial charge in [0.1, 0.15) is 5.75 Å². The molecule has 0 bridgehead atoms. The summed E-state index contributed by atoms with van der Waals surface area (Å²) < 4.78 is 7.84. The molecule has 1 heterocycles. The Morgan fingerprint density at radius 1 is 1.37 bits per heavy atom. The van der Waals surface area contributed by atoms with E-state index in [1.165, 1.54) is 0 Å². The van der Waals surface area contributed by atoms with E-state index in [-0.39, 0.29) is 0 Å². The molecule has 0 atom stereocenters. The van der Waals surface area contributed by atoms with E-state index in [9.17, 15) is 0 Å². The third-order valence-corrected chi connectivity index (χ3v) is 2.96. The molecular formula is C16H20N2O. The predicted molar refractivity (Wildman–Crippen MR) is 78.1 cm³/mol. The SMILES string of the molecule is C=C(Cn1ccnc1)c1ccccc1OCCCC. The van der Waals surface area contributed by atoms with Gasteiger partial charge in [-0.15, -0.1) is 0 Å². The van der Waals surface area contributed by atoms with Crippen molar-refractivity contribution in [1.82, 2.24) is 9.55 Å². The van der Waals surface area contributed by atoms with E-state index in [0.29, 0.717) is 0 Å². The summed E-state index contributed by atoms with van der Waals surface area (Å²) in [5.41, 5.74) is 2.11. The van der Waals surface area contributed by atoms with Gasteiger partial charge in [-0.05, 0) is 18.1 Å². The van der Waals surface area contributed by atoms with Crippen molar-refractivity contribution in [2.45, 2.75) is 26.3 Å². The minimum atomic E-state index is 0.730. The average Bonchev–Trinajstić information content (AvgIpc) is 2.92. The Morgan fingerprint density at radius 3 is 2.95 bits per heavy atom. The van der Waals surface area contributed by atoms with E-state index in [0.717, 1.165) is 42.9 Å². The van der Waals surface area contributed by atoms with Crippen LogP contribution in [-0.4, -0.2) is 16.2 Å². The smallest absolute Gasteiger partial charge is 0.126 e. The molecule has 19 heavy (non-hydrogen) atoms. The number of imidazole rings is 1. The molecule has 100 valence electrons. The van der Waals surface area contributed by atoms with Crippen molar-refractivity contribution in [1.29, 1.82) is 0 Å². The zero-order chi connectivity index (χ0) is 13.5. The van der Waals surface area contributed by atoms with Crippen LogP contribution in [0.5, 0.6) is 5.75 Å². The molecule has 1 aromatic carbocycles.